The molecule has 0 spiro atoms. The first kappa shape index (κ1) is 15.2. The molecule has 0 saturated carbocycles. The summed E-state index contributed by atoms with van der Waals surface area (Å²) in [5, 5.41) is 13.7. The minimum atomic E-state index is -0.0195. The fourth-order valence-electron chi connectivity index (χ4n) is 1.88. The van der Waals surface area contributed by atoms with Gasteiger partial charge in [0.1, 0.15) is 0 Å². The minimum absolute atomic E-state index is 0.0195. The predicted molar refractivity (Wildman–Crippen MR) is 80.9 cm³/mol. The van der Waals surface area contributed by atoms with Crippen molar-refractivity contribution in [2.45, 2.75) is 33.2 Å². The van der Waals surface area contributed by atoms with Crippen molar-refractivity contribution < 1.29 is 9.21 Å². The maximum Gasteiger partial charge on any atom is 0.247 e. The number of aryl methyl sites for hydroxylation is 1. The summed E-state index contributed by atoms with van der Waals surface area (Å²) in [6, 6.07) is 6.03. The molecular weight excluding hydrogens is 268 g/mol. The van der Waals surface area contributed by atoms with Gasteiger partial charge in [0.05, 0.1) is 0 Å². The standard InChI is InChI=1S/C15H20N4O2/c1-10(2)16-7-6-14(20)18-13-8-12(5-4-11(13)3)15-19-17-9-21-15/h4-5,8-10,16H,6-7H2,1-3H3,(H,18,20). The van der Waals surface area contributed by atoms with Crippen LogP contribution in [0.15, 0.2) is 29.0 Å². The molecule has 1 amide bonds. The van der Waals surface area contributed by atoms with Crippen LogP contribution in [0.25, 0.3) is 11.5 Å². The molecule has 2 rings (SSSR count). The third-order valence-corrected chi connectivity index (χ3v) is 3.02. The van der Waals surface area contributed by atoms with E-state index in [0.29, 0.717) is 24.9 Å². The highest BCUT2D eigenvalue weighted by atomic mass is 16.4. The minimum Gasteiger partial charge on any atom is -0.423 e. The predicted octanol–water partition coefficient (Wildman–Crippen LogP) is 2.37. The molecule has 0 aliphatic rings. The second-order valence-electron chi connectivity index (χ2n) is 5.18. The summed E-state index contributed by atoms with van der Waals surface area (Å²) in [6.07, 6.45) is 1.72. The van der Waals surface area contributed by atoms with Crippen LogP contribution in [0, 0.1) is 6.92 Å². The quantitative estimate of drug-likeness (QED) is 0.853. The number of carbonyl (C=O) groups excluding carboxylic acids is 1. The Morgan fingerprint density at radius 1 is 1.38 bits per heavy atom. The SMILES string of the molecule is Cc1ccc(-c2nnco2)cc1NC(=O)CCNC(C)C. The van der Waals surface area contributed by atoms with E-state index in [9.17, 15) is 4.79 Å². The van der Waals surface area contributed by atoms with Crippen molar-refractivity contribution >= 4 is 11.6 Å². The Hall–Kier alpha value is -2.21. The van der Waals surface area contributed by atoms with Crippen LogP contribution in [0.4, 0.5) is 5.69 Å². The first-order chi connectivity index (χ1) is 10.1. The maximum atomic E-state index is 11.9. The maximum absolute atomic E-state index is 11.9. The lowest BCUT2D eigenvalue weighted by Gasteiger charge is -2.11. The van der Waals surface area contributed by atoms with Gasteiger partial charge in [-0.2, -0.15) is 0 Å². The Morgan fingerprint density at radius 2 is 2.19 bits per heavy atom. The molecule has 0 atom stereocenters. The Morgan fingerprint density at radius 3 is 2.86 bits per heavy atom. The summed E-state index contributed by atoms with van der Waals surface area (Å²) < 4.78 is 5.17. The molecule has 0 aliphatic carbocycles. The van der Waals surface area contributed by atoms with Crippen LogP contribution in [0.2, 0.25) is 0 Å². The summed E-state index contributed by atoms with van der Waals surface area (Å²) in [5.74, 6) is 0.418. The van der Waals surface area contributed by atoms with Gasteiger partial charge in [0.2, 0.25) is 18.2 Å². The van der Waals surface area contributed by atoms with Crippen molar-refractivity contribution in [3.63, 3.8) is 0 Å². The fourth-order valence-corrected chi connectivity index (χ4v) is 1.88. The van der Waals surface area contributed by atoms with Gasteiger partial charge in [-0.3, -0.25) is 4.79 Å². The van der Waals surface area contributed by atoms with Crippen molar-refractivity contribution in [2.75, 3.05) is 11.9 Å². The molecule has 6 heteroatoms. The molecule has 1 heterocycles. The number of aromatic nitrogens is 2. The molecule has 0 saturated heterocycles. The highest BCUT2D eigenvalue weighted by Crippen LogP contribution is 2.23. The number of carbonyl (C=O) groups is 1. The number of amides is 1. The molecule has 0 bridgehead atoms. The molecule has 0 radical (unpaired) electrons. The highest BCUT2D eigenvalue weighted by molar-refractivity contribution is 5.92. The number of hydrogen-bond acceptors (Lipinski definition) is 5. The molecular formula is C15H20N4O2. The summed E-state index contributed by atoms with van der Waals surface area (Å²) in [7, 11) is 0. The van der Waals surface area contributed by atoms with Gasteiger partial charge in [0, 0.05) is 30.3 Å². The van der Waals surface area contributed by atoms with Crippen molar-refractivity contribution in [1.82, 2.24) is 15.5 Å². The van der Waals surface area contributed by atoms with Crippen molar-refractivity contribution in [1.29, 1.82) is 0 Å². The summed E-state index contributed by atoms with van der Waals surface area (Å²) in [4.78, 5) is 11.9. The lowest BCUT2D eigenvalue weighted by Crippen LogP contribution is -2.27. The molecule has 2 N–H and O–H groups in total. The summed E-state index contributed by atoms with van der Waals surface area (Å²) >= 11 is 0. The highest BCUT2D eigenvalue weighted by Gasteiger charge is 2.09. The van der Waals surface area contributed by atoms with Gasteiger partial charge in [0.15, 0.2) is 0 Å². The fraction of sp³-hybridized carbons (Fsp3) is 0.400. The average Bonchev–Trinajstić information content (AvgIpc) is 2.95. The normalized spacial score (nSPS) is 10.9. The van der Waals surface area contributed by atoms with Crippen LogP contribution < -0.4 is 10.6 Å². The van der Waals surface area contributed by atoms with Gasteiger partial charge in [-0.1, -0.05) is 19.9 Å². The Bertz CT molecular complexity index is 594. The Kier molecular flexibility index (Phi) is 5.05. The van der Waals surface area contributed by atoms with Crippen molar-refractivity contribution in [3.8, 4) is 11.5 Å². The lowest BCUT2D eigenvalue weighted by molar-refractivity contribution is -0.116. The number of hydrogen-bond donors (Lipinski definition) is 2. The van der Waals surface area contributed by atoms with E-state index in [2.05, 4.69) is 34.7 Å². The Labute approximate surface area is 124 Å². The van der Waals surface area contributed by atoms with E-state index in [4.69, 9.17) is 4.42 Å². The number of rotatable bonds is 6. The van der Waals surface area contributed by atoms with Crippen LogP contribution in [-0.4, -0.2) is 28.7 Å². The van der Waals surface area contributed by atoms with E-state index >= 15 is 0 Å². The number of benzene rings is 1. The average molecular weight is 288 g/mol. The van der Waals surface area contributed by atoms with Gasteiger partial charge in [-0.15, -0.1) is 10.2 Å². The van der Waals surface area contributed by atoms with E-state index < -0.39 is 0 Å². The first-order valence-corrected chi connectivity index (χ1v) is 6.96. The second kappa shape index (κ2) is 6.99. The number of anilines is 1. The van der Waals surface area contributed by atoms with Gasteiger partial charge in [0.25, 0.3) is 0 Å². The molecule has 0 aliphatic heterocycles. The zero-order valence-electron chi connectivity index (χ0n) is 12.5. The number of nitrogens with one attached hydrogen (secondary N) is 2. The topological polar surface area (TPSA) is 80.1 Å². The summed E-state index contributed by atoms with van der Waals surface area (Å²) in [5.41, 5.74) is 2.54. The van der Waals surface area contributed by atoms with E-state index in [0.717, 1.165) is 16.8 Å². The van der Waals surface area contributed by atoms with Crippen LogP contribution in [0.5, 0.6) is 0 Å². The van der Waals surface area contributed by atoms with Crippen LogP contribution >= 0.6 is 0 Å². The smallest absolute Gasteiger partial charge is 0.247 e. The monoisotopic (exact) mass is 288 g/mol. The van der Waals surface area contributed by atoms with E-state index in [1.807, 2.05) is 25.1 Å². The van der Waals surface area contributed by atoms with E-state index in [1.165, 1.54) is 6.39 Å². The lowest BCUT2D eigenvalue weighted by atomic mass is 10.1. The van der Waals surface area contributed by atoms with Crippen LogP contribution in [0.3, 0.4) is 0 Å². The van der Waals surface area contributed by atoms with E-state index in [-0.39, 0.29) is 5.91 Å². The molecule has 21 heavy (non-hydrogen) atoms. The molecule has 6 nitrogen and oxygen atoms in total. The Balaban J connectivity index is 2.02. The van der Waals surface area contributed by atoms with Gasteiger partial charge in [-0.25, -0.2) is 0 Å². The van der Waals surface area contributed by atoms with Crippen molar-refractivity contribution in [3.05, 3.63) is 30.2 Å². The molecule has 2 aromatic rings. The largest absolute Gasteiger partial charge is 0.423 e. The van der Waals surface area contributed by atoms with Gasteiger partial charge in [-0.05, 0) is 24.6 Å². The zero-order valence-corrected chi connectivity index (χ0v) is 12.5. The van der Waals surface area contributed by atoms with Crippen LogP contribution in [-0.2, 0) is 4.79 Å². The first-order valence-electron chi connectivity index (χ1n) is 6.96. The second-order valence-corrected chi connectivity index (χ2v) is 5.18. The molecule has 0 unspecified atom stereocenters. The van der Waals surface area contributed by atoms with Gasteiger partial charge >= 0.3 is 0 Å². The van der Waals surface area contributed by atoms with Crippen molar-refractivity contribution in [2.24, 2.45) is 0 Å². The van der Waals surface area contributed by atoms with Gasteiger partial charge < -0.3 is 15.1 Å². The third-order valence-electron chi connectivity index (χ3n) is 3.02. The third kappa shape index (κ3) is 4.39. The van der Waals surface area contributed by atoms with Crippen LogP contribution in [0.1, 0.15) is 25.8 Å². The zero-order chi connectivity index (χ0) is 15.2. The molecule has 1 aromatic heterocycles. The molecule has 0 fully saturated rings. The number of nitrogens with zero attached hydrogens (tertiary/aromatic N) is 2. The molecule has 1 aromatic carbocycles. The summed E-state index contributed by atoms with van der Waals surface area (Å²) in [6.45, 7) is 6.71. The molecule has 112 valence electrons. The van der Waals surface area contributed by atoms with E-state index in [1.54, 1.807) is 0 Å².